The second-order valence-electron chi connectivity index (χ2n) is 8.36. The minimum Gasteiger partial charge on any atom is -0.444 e. The molecule has 0 radical (unpaired) electrons. The van der Waals surface area contributed by atoms with Crippen molar-refractivity contribution in [3.8, 4) is 5.75 Å². The molecule has 0 aliphatic heterocycles. The van der Waals surface area contributed by atoms with Gasteiger partial charge in [0.25, 0.3) is 0 Å². The zero-order valence-electron chi connectivity index (χ0n) is 18.6. The Morgan fingerprint density at radius 2 is 1.87 bits per heavy atom. The second kappa shape index (κ2) is 9.78. The lowest BCUT2D eigenvalue weighted by Gasteiger charge is -2.22. The number of aryl methyl sites for hydroxylation is 2. The van der Waals surface area contributed by atoms with E-state index in [0.717, 1.165) is 24.0 Å². The molecular formula is C23H31NO6. The summed E-state index contributed by atoms with van der Waals surface area (Å²) < 4.78 is 16.3. The van der Waals surface area contributed by atoms with Crippen molar-refractivity contribution in [1.29, 1.82) is 0 Å². The average molecular weight is 418 g/mol. The van der Waals surface area contributed by atoms with Gasteiger partial charge in [0.15, 0.2) is 0 Å². The van der Waals surface area contributed by atoms with E-state index >= 15 is 0 Å². The molecule has 1 N–H and O–H groups in total. The number of fused-ring (bicyclic) bond motifs is 1. The number of amides is 1. The highest BCUT2D eigenvalue weighted by Crippen LogP contribution is 2.31. The van der Waals surface area contributed by atoms with Gasteiger partial charge in [0.05, 0.1) is 5.39 Å². The van der Waals surface area contributed by atoms with E-state index in [9.17, 15) is 14.4 Å². The van der Waals surface area contributed by atoms with Crippen molar-refractivity contribution >= 4 is 23.0 Å². The van der Waals surface area contributed by atoms with Gasteiger partial charge in [0.1, 0.15) is 23.0 Å². The fourth-order valence-corrected chi connectivity index (χ4v) is 3.07. The van der Waals surface area contributed by atoms with E-state index in [2.05, 4.69) is 12.2 Å². The van der Waals surface area contributed by atoms with E-state index < -0.39 is 29.3 Å². The Kier molecular flexibility index (Phi) is 7.65. The highest BCUT2D eigenvalue weighted by atomic mass is 16.6. The molecule has 30 heavy (non-hydrogen) atoms. The number of ether oxygens (including phenoxy) is 2. The minimum absolute atomic E-state index is 0.314. The summed E-state index contributed by atoms with van der Waals surface area (Å²) in [5.74, 6) is -0.294. The summed E-state index contributed by atoms with van der Waals surface area (Å²) in [6.07, 6.45) is 2.16. The number of benzene rings is 1. The molecule has 164 valence electrons. The quantitative estimate of drug-likeness (QED) is 0.400. The van der Waals surface area contributed by atoms with Crippen molar-refractivity contribution in [1.82, 2.24) is 5.32 Å². The SMILES string of the molecule is CCCCc1cc(=O)oc2cc(C)cc(OC(=O)C(CC)NC(=O)OC(C)(C)C)c12. The molecule has 0 spiro atoms. The first-order valence-corrected chi connectivity index (χ1v) is 10.3. The molecule has 7 nitrogen and oxygen atoms in total. The summed E-state index contributed by atoms with van der Waals surface area (Å²) >= 11 is 0. The van der Waals surface area contributed by atoms with E-state index in [-0.39, 0.29) is 0 Å². The molecule has 1 unspecified atom stereocenters. The van der Waals surface area contributed by atoms with Gasteiger partial charge in [-0.15, -0.1) is 0 Å². The number of nitrogens with one attached hydrogen (secondary N) is 1. The number of carbonyl (C=O) groups is 2. The van der Waals surface area contributed by atoms with Crippen molar-refractivity contribution in [2.75, 3.05) is 0 Å². The van der Waals surface area contributed by atoms with E-state index in [1.807, 2.05) is 6.92 Å². The number of hydrogen-bond donors (Lipinski definition) is 1. The Labute approximate surface area is 176 Å². The molecule has 0 bridgehead atoms. The van der Waals surface area contributed by atoms with E-state index in [4.69, 9.17) is 13.9 Å². The lowest BCUT2D eigenvalue weighted by molar-refractivity contribution is -0.136. The van der Waals surface area contributed by atoms with Crippen molar-refractivity contribution in [2.45, 2.75) is 78.9 Å². The summed E-state index contributed by atoms with van der Waals surface area (Å²) in [5, 5.41) is 3.16. The van der Waals surface area contributed by atoms with Crippen molar-refractivity contribution < 1.29 is 23.5 Å². The highest BCUT2D eigenvalue weighted by Gasteiger charge is 2.25. The van der Waals surface area contributed by atoms with Gasteiger partial charge in [-0.2, -0.15) is 0 Å². The Hall–Kier alpha value is -2.83. The number of carbonyl (C=O) groups excluding carboxylic acids is 2. The summed E-state index contributed by atoms with van der Waals surface area (Å²) in [4.78, 5) is 36.8. The molecule has 0 fully saturated rings. The molecule has 0 aliphatic carbocycles. The molecular weight excluding hydrogens is 386 g/mol. The first-order valence-electron chi connectivity index (χ1n) is 10.3. The molecule has 2 aromatic rings. The van der Waals surface area contributed by atoms with E-state index in [1.165, 1.54) is 6.07 Å². The molecule has 7 heteroatoms. The average Bonchev–Trinajstić information content (AvgIpc) is 2.61. The standard InChI is InChI=1S/C23H31NO6/c1-7-9-10-15-13-19(25)28-17-11-14(3)12-18(20(15)17)29-21(26)16(8-2)24-22(27)30-23(4,5)6/h11-13,16H,7-10H2,1-6H3,(H,24,27). The number of hydrogen-bond acceptors (Lipinski definition) is 6. The van der Waals surface area contributed by atoms with Gasteiger partial charge < -0.3 is 19.2 Å². The predicted molar refractivity (Wildman–Crippen MR) is 115 cm³/mol. The maximum absolute atomic E-state index is 12.8. The fraction of sp³-hybridized carbons (Fsp3) is 0.522. The van der Waals surface area contributed by atoms with Crippen LogP contribution in [0, 0.1) is 6.92 Å². The third-order valence-corrected chi connectivity index (χ3v) is 4.43. The third kappa shape index (κ3) is 6.34. The third-order valence-electron chi connectivity index (χ3n) is 4.43. The zero-order chi connectivity index (χ0) is 22.5. The summed E-state index contributed by atoms with van der Waals surface area (Å²) in [6, 6.07) is 4.06. The van der Waals surface area contributed by atoms with E-state index in [1.54, 1.807) is 39.8 Å². The summed E-state index contributed by atoms with van der Waals surface area (Å²) in [7, 11) is 0. The lowest BCUT2D eigenvalue weighted by Crippen LogP contribution is -2.44. The molecule has 1 atom stereocenters. The second-order valence-corrected chi connectivity index (χ2v) is 8.36. The van der Waals surface area contributed by atoms with Gasteiger partial charge in [-0.1, -0.05) is 20.3 Å². The maximum atomic E-state index is 12.8. The Morgan fingerprint density at radius 3 is 2.47 bits per heavy atom. The Balaban J connectivity index is 2.35. The van der Waals surface area contributed by atoms with Crippen molar-refractivity contribution in [2.24, 2.45) is 0 Å². The van der Waals surface area contributed by atoms with Crippen molar-refractivity contribution in [3.05, 3.63) is 39.7 Å². The van der Waals surface area contributed by atoms with Crippen LogP contribution >= 0.6 is 0 Å². The molecule has 0 saturated heterocycles. The van der Waals surface area contributed by atoms with Crippen LogP contribution in [0.25, 0.3) is 11.0 Å². The normalized spacial score (nSPS) is 12.5. The number of esters is 1. The van der Waals surface area contributed by atoms with Crippen LogP contribution < -0.4 is 15.7 Å². The molecule has 1 aromatic carbocycles. The fourth-order valence-electron chi connectivity index (χ4n) is 3.07. The van der Waals surface area contributed by atoms with Crippen LogP contribution in [0.3, 0.4) is 0 Å². The van der Waals surface area contributed by atoms with Gasteiger partial charge in [0, 0.05) is 6.07 Å². The number of alkyl carbamates (subject to hydrolysis) is 1. The van der Waals surface area contributed by atoms with Crippen LogP contribution in [0.4, 0.5) is 4.79 Å². The zero-order valence-corrected chi connectivity index (χ0v) is 18.6. The first kappa shape index (κ1) is 23.4. The van der Waals surface area contributed by atoms with Crippen LogP contribution in [0.15, 0.2) is 27.4 Å². The van der Waals surface area contributed by atoms with Crippen LogP contribution in [0.5, 0.6) is 5.75 Å². The lowest BCUT2D eigenvalue weighted by atomic mass is 10.0. The number of rotatable bonds is 7. The van der Waals surface area contributed by atoms with E-state index in [0.29, 0.717) is 29.6 Å². The van der Waals surface area contributed by atoms with Crippen LogP contribution in [0.1, 0.15) is 65.0 Å². The molecule has 0 saturated carbocycles. The van der Waals surface area contributed by atoms with Crippen LogP contribution in [-0.2, 0) is 16.0 Å². The van der Waals surface area contributed by atoms with Gasteiger partial charge in [0.2, 0.25) is 0 Å². The highest BCUT2D eigenvalue weighted by molar-refractivity contribution is 5.91. The number of unbranched alkanes of at least 4 members (excludes halogenated alkanes) is 1. The molecule has 1 heterocycles. The maximum Gasteiger partial charge on any atom is 0.408 e. The summed E-state index contributed by atoms with van der Waals surface area (Å²) in [6.45, 7) is 10.9. The van der Waals surface area contributed by atoms with Gasteiger partial charge in [-0.05, 0) is 70.2 Å². The largest absolute Gasteiger partial charge is 0.444 e. The van der Waals surface area contributed by atoms with Gasteiger partial charge in [-0.25, -0.2) is 14.4 Å². The molecule has 1 amide bonds. The summed E-state index contributed by atoms with van der Waals surface area (Å²) in [5.41, 5.74) is 0.831. The smallest absolute Gasteiger partial charge is 0.408 e. The van der Waals surface area contributed by atoms with Gasteiger partial charge >= 0.3 is 17.7 Å². The van der Waals surface area contributed by atoms with Crippen LogP contribution in [-0.4, -0.2) is 23.7 Å². The topological polar surface area (TPSA) is 94.8 Å². The first-order chi connectivity index (χ1) is 14.0. The monoisotopic (exact) mass is 417 g/mol. The van der Waals surface area contributed by atoms with Crippen LogP contribution in [0.2, 0.25) is 0 Å². The Morgan fingerprint density at radius 1 is 1.17 bits per heavy atom. The van der Waals surface area contributed by atoms with Crippen molar-refractivity contribution in [3.63, 3.8) is 0 Å². The minimum atomic E-state index is -0.870. The molecule has 1 aromatic heterocycles. The Bertz CT molecular complexity index is 970. The molecule has 0 aliphatic rings. The predicted octanol–water partition coefficient (Wildman–Crippen LogP) is 4.65. The van der Waals surface area contributed by atoms with Gasteiger partial charge in [-0.3, -0.25) is 0 Å². The molecule has 2 rings (SSSR count).